The van der Waals surface area contributed by atoms with Crippen molar-refractivity contribution in [2.24, 2.45) is 35.5 Å². The number of ketones is 1. The van der Waals surface area contributed by atoms with Crippen molar-refractivity contribution in [3.05, 3.63) is 105 Å². The Hall–Kier alpha value is -3.95. The first-order valence-electron chi connectivity index (χ1n) is 14.5. The third-order valence-electron chi connectivity index (χ3n) is 9.58. The first-order valence-corrected chi connectivity index (χ1v) is 16.1. The monoisotopic (exact) mass is 710 g/mol. The normalized spacial score (nSPS) is 26.1. The number of esters is 1. The second-order valence-electron chi connectivity index (χ2n) is 11.9. The first kappa shape index (κ1) is 27.6. The summed E-state index contributed by atoms with van der Waals surface area (Å²) < 4.78 is 7.09. The lowest BCUT2D eigenvalue weighted by Gasteiger charge is -2.37. The van der Waals surface area contributed by atoms with Crippen LogP contribution in [0, 0.1) is 35.5 Å². The Bertz CT molecular complexity index is 1900. The van der Waals surface area contributed by atoms with E-state index in [9.17, 15) is 19.2 Å². The molecular formula is C35H24Br2N2O5. The van der Waals surface area contributed by atoms with Gasteiger partial charge in [-0.25, -0.2) is 9.78 Å². The number of carbonyl (C=O) groups is 4. The molecule has 9 rings (SSSR count). The number of imide groups is 1. The zero-order chi connectivity index (χ0) is 30.3. The van der Waals surface area contributed by atoms with Gasteiger partial charge in [0, 0.05) is 25.5 Å². The number of amides is 2. The van der Waals surface area contributed by atoms with Gasteiger partial charge in [0.2, 0.25) is 11.8 Å². The van der Waals surface area contributed by atoms with Crippen LogP contribution in [0.3, 0.4) is 0 Å². The maximum absolute atomic E-state index is 13.5. The van der Waals surface area contributed by atoms with E-state index in [1.54, 1.807) is 66.7 Å². The largest absolute Gasteiger partial charge is 0.454 e. The van der Waals surface area contributed by atoms with Gasteiger partial charge in [-0.15, -0.1) is 0 Å². The van der Waals surface area contributed by atoms with Gasteiger partial charge in [-0.3, -0.25) is 19.3 Å². The molecule has 0 spiro atoms. The molecule has 3 aromatic carbocycles. The highest BCUT2D eigenvalue weighted by molar-refractivity contribution is 9.10. The van der Waals surface area contributed by atoms with Crippen LogP contribution in [-0.4, -0.2) is 35.2 Å². The molecule has 5 aliphatic rings. The maximum Gasteiger partial charge on any atom is 0.339 e. The molecule has 4 aromatic rings. The van der Waals surface area contributed by atoms with Crippen LogP contribution in [0.5, 0.6) is 0 Å². The van der Waals surface area contributed by atoms with E-state index < -0.39 is 12.6 Å². The average Bonchev–Trinajstić information content (AvgIpc) is 3.82. The van der Waals surface area contributed by atoms with Gasteiger partial charge >= 0.3 is 5.97 Å². The van der Waals surface area contributed by atoms with E-state index in [1.807, 2.05) is 6.07 Å². The third kappa shape index (κ3) is 4.39. The van der Waals surface area contributed by atoms with E-state index in [4.69, 9.17) is 9.72 Å². The minimum absolute atomic E-state index is 0.102. The lowest BCUT2D eigenvalue weighted by Crippen LogP contribution is -2.40. The van der Waals surface area contributed by atoms with E-state index in [2.05, 4.69) is 44.0 Å². The molecule has 44 heavy (non-hydrogen) atoms. The summed E-state index contributed by atoms with van der Waals surface area (Å²) in [4.78, 5) is 59.2. The summed E-state index contributed by atoms with van der Waals surface area (Å²) in [6, 6.07) is 21.1. The van der Waals surface area contributed by atoms with E-state index >= 15 is 0 Å². The van der Waals surface area contributed by atoms with E-state index in [-0.39, 0.29) is 46.8 Å². The number of carbonyl (C=O) groups excluding carboxylic acids is 4. The number of hydrogen-bond acceptors (Lipinski definition) is 6. The lowest BCUT2D eigenvalue weighted by molar-refractivity contribution is -0.124. The van der Waals surface area contributed by atoms with Gasteiger partial charge in [0.1, 0.15) is 0 Å². The van der Waals surface area contributed by atoms with Crippen LogP contribution in [0.25, 0.3) is 22.2 Å². The minimum atomic E-state index is -0.643. The van der Waals surface area contributed by atoms with Gasteiger partial charge in [0.25, 0.3) is 0 Å². The molecule has 0 radical (unpaired) electrons. The zero-order valence-corrected chi connectivity index (χ0v) is 26.3. The van der Waals surface area contributed by atoms with Crippen molar-refractivity contribution in [1.82, 2.24) is 4.98 Å². The molecule has 218 valence electrons. The van der Waals surface area contributed by atoms with Crippen LogP contribution in [0.4, 0.5) is 5.69 Å². The fraction of sp³-hybridized carbons (Fsp3) is 0.229. The summed E-state index contributed by atoms with van der Waals surface area (Å²) in [7, 11) is 0. The molecule has 1 aliphatic heterocycles. The van der Waals surface area contributed by atoms with Crippen molar-refractivity contribution in [2.45, 2.75) is 6.42 Å². The van der Waals surface area contributed by atoms with E-state index in [0.717, 1.165) is 15.4 Å². The number of hydrogen-bond donors (Lipinski definition) is 0. The van der Waals surface area contributed by atoms with Crippen molar-refractivity contribution in [3.63, 3.8) is 0 Å². The highest BCUT2D eigenvalue weighted by atomic mass is 79.9. The van der Waals surface area contributed by atoms with Crippen LogP contribution in [0.1, 0.15) is 27.1 Å². The highest BCUT2D eigenvalue weighted by Gasteiger charge is 2.67. The molecule has 1 saturated heterocycles. The van der Waals surface area contributed by atoms with Crippen molar-refractivity contribution in [3.8, 4) is 11.3 Å². The van der Waals surface area contributed by atoms with Gasteiger partial charge in [-0.05, 0) is 78.6 Å². The predicted octanol–water partition coefficient (Wildman–Crippen LogP) is 7.02. The maximum atomic E-state index is 13.5. The number of anilines is 1. The Labute approximate surface area is 269 Å². The molecule has 2 bridgehead atoms. The fourth-order valence-corrected chi connectivity index (χ4v) is 8.06. The van der Waals surface area contributed by atoms with Crippen LogP contribution in [0.2, 0.25) is 0 Å². The molecule has 3 fully saturated rings. The Kier molecular flexibility index (Phi) is 6.46. The molecule has 2 amide bonds. The summed E-state index contributed by atoms with van der Waals surface area (Å²) in [6.45, 7) is -0.402. The number of halogens is 2. The van der Waals surface area contributed by atoms with Crippen LogP contribution >= 0.6 is 31.9 Å². The number of benzene rings is 3. The smallest absolute Gasteiger partial charge is 0.339 e. The van der Waals surface area contributed by atoms with Crippen molar-refractivity contribution in [1.29, 1.82) is 0 Å². The van der Waals surface area contributed by atoms with Crippen molar-refractivity contribution < 1.29 is 23.9 Å². The van der Waals surface area contributed by atoms with Gasteiger partial charge in [-0.2, -0.15) is 0 Å². The van der Waals surface area contributed by atoms with Crippen LogP contribution in [0.15, 0.2) is 93.9 Å². The third-order valence-corrected chi connectivity index (χ3v) is 10.6. The van der Waals surface area contributed by atoms with Crippen molar-refractivity contribution in [2.75, 3.05) is 11.5 Å². The molecule has 2 saturated carbocycles. The van der Waals surface area contributed by atoms with Gasteiger partial charge in [-0.1, -0.05) is 68.3 Å². The number of allylic oxidation sites excluding steroid dienone is 2. The number of ether oxygens (including phenoxy) is 1. The standard InChI is InChI=1S/C35H24Br2N2O5/c36-19-5-1-18(2-6-19)30(40)16-44-35(43)27-15-29(38-28-12-7-20(37)13-26(27)28)17-3-8-21(9-4-17)39-33(41)31-22-10-11-23(25-14-24(22)25)32(31)34(39)42/h1-13,15,22-25,31-32H,14,16H2. The molecule has 6 unspecified atom stereocenters. The molecule has 1 aromatic heterocycles. The number of aromatic nitrogens is 1. The molecule has 0 N–H and O–H groups in total. The Morgan fingerprint density at radius 1 is 0.818 bits per heavy atom. The number of nitrogens with zero attached hydrogens (tertiary/aromatic N) is 2. The second kappa shape index (κ2) is 10.3. The van der Waals surface area contributed by atoms with Crippen molar-refractivity contribution >= 4 is 72.0 Å². The van der Waals surface area contributed by atoms with Gasteiger partial charge in [0.15, 0.2) is 12.4 Å². The Balaban J connectivity index is 1.07. The summed E-state index contributed by atoms with van der Waals surface area (Å²) in [5.74, 6) is -0.248. The van der Waals surface area contributed by atoms with Crippen LogP contribution < -0.4 is 4.90 Å². The summed E-state index contributed by atoms with van der Waals surface area (Å²) in [5.41, 5.74) is 3.07. The summed E-state index contributed by atoms with van der Waals surface area (Å²) in [6.07, 6.45) is 5.46. The topological polar surface area (TPSA) is 93.6 Å². The zero-order valence-electron chi connectivity index (χ0n) is 23.2. The summed E-state index contributed by atoms with van der Waals surface area (Å²) in [5, 5.41) is 0.581. The number of pyridine rings is 1. The molecule has 4 aliphatic carbocycles. The molecule has 7 nitrogen and oxygen atoms in total. The molecular weight excluding hydrogens is 688 g/mol. The van der Waals surface area contributed by atoms with Gasteiger partial charge < -0.3 is 4.74 Å². The number of Topliss-reactive ketones (excluding diaryl/α,β-unsaturated/α-hetero) is 1. The first-order chi connectivity index (χ1) is 21.3. The summed E-state index contributed by atoms with van der Waals surface area (Å²) >= 11 is 6.82. The van der Waals surface area contributed by atoms with E-state index in [0.29, 0.717) is 45.2 Å². The highest BCUT2D eigenvalue weighted by Crippen LogP contribution is 2.65. The number of fused-ring (bicyclic) bond motifs is 1. The average molecular weight is 712 g/mol. The van der Waals surface area contributed by atoms with Gasteiger partial charge in [0.05, 0.1) is 34.3 Å². The quantitative estimate of drug-likeness (QED) is 0.0924. The second-order valence-corrected chi connectivity index (χ2v) is 13.8. The van der Waals surface area contributed by atoms with E-state index in [1.165, 1.54) is 4.90 Å². The SMILES string of the molecule is O=C(COC(=O)c1cc(-c2ccc(N3C(=O)C4C5C=CC(C6CC56)C4C3=O)cc2)nc2ccc(Br)cc12)c1ccc(Br)cc1. The lowest BCUT2D eigenvalue weighted by atomic mass is 9.63. The fourth-order valence-electron chi connectivity index (χ4n) is 7.44. The minimum Gasteiger partial charge on any atom is -0.454 e. The predicted molar refractivity (Wildman–Crippen MR) is 171 cm³/mol. The Morgan fingerprint density at radius 2 is 1.45 bits per heavy atom. The molecule has 6 atom stereocenters. The Morgan fingerprint density at radius 3 is 2.11 bits per heavy atom. The molecule has 2 heterocycles. The molecule has 9 heteroatoms. The number of rotatable bonds is 6. The van der Waals surface area contributed by atoms with Crippen LogP contribution in [-0.2, 0) is 14.3 Å².